The maximum atomic E-state index is 12.0. The third-order valence-electron chi connectivity index (χ3n) is 5.08. The molecule has 0 aromatic carbocycles. The normalized spacial score (nSPS) is 26.8. The second kappa shape index (κ2) is 5.12. The summed E-state index contributed by atoms with van der Waals surface area (Å²) in [6.07, 6.45) is 5.15. The molecule has 2 aliphatic heterocycles. The van der Waals surface area contributed by atoms with E-state index < -0.39 is 0 Å². The summed E-state index contributed by atoms with van der Waals surface area (Å²) in [4.78, 5) is 27.6. The van der Waals surface area contributed by atoms with E-state index in [1.54, 1.807) is 0 Å². The molecule has 0 bridgehead atoms. The van der Waals surface area contributed by atoms with Crippen LogP contribution in [-0.4, -0.2) is 53.8 Å². The van der Waals surface area contributed by atoms with Gasteiger partial charge in [0.05, 0.1) is 0 Å². The number of hydrogen-bond donors (Lipinski definition) is 1. The lowest BCUT2D eigenvalue weighted by Crippen LogP contribution is -2.63. The fraction of sp³-hybridized carbons (Fsp3) is 0.857. The Morgan fingerprint density at radius 3 is 2.05 bits per heavy atom. The van der Waals surface area contributed by atoms with Crippen LogP contribution < -0.4 is 5.73 Å². The fourth-order valence-corrected chi connectivity index (χ4v) is 3.33. The summed E-state index contributed by atoms with van der Waals surface area (Å²) in [5, 5.41) is 0. The van der Waals surface area contributed by atoms with Crippen LogP contribution in [0.25, 0.3) is 0 Å². The summed E-state index contributed by atoms with van der Waals surface area (Å²) in [6.45, 7) is 3.67. The number of piperidine rings is 1. The van der Waals surface area contributed by atoms with E-state index in [4.69, 9.17) is 5.73 Å². The topological polar surface area (TPSA) is 66.6 Å². The highest BCUT2D eigenvalue weighted by molar-refractivity contribution is 5.80. The van der Waals surface area contributed by atoms with Gasteiger partial charge < -0.3 is 10.6 Å². The van der Waals surface area contributed by atoms with Crippen LogP contribution in [0.15, 0.2) is 0 Å². The van der Waals surface area contributed by atoms with Crippen LogP contribution in [-0.2, 0) is 9.59 Å². The lowest BCUT2D eigenvalue weighted by atomic mass is 9.83. The van der Waals surface area contributed by atoms with E-state index in [0.717, 1.165) is 51.9 Å². The van der Waals surface area contributed by atoms with Gasteiger partial charge in [0.1, 0.15) is 0 Å². The number of carbonyl (C=O) groups is 2. The quantitative estimate of drug-likeness (QED) is 0.792. The predicted molar refractivity (Wildman–Crippen MR) is 71.2 cm³/mol. The zero-order valence-corrected chi connectivity index (χ0v) is 11.4. The number of likely N-dealkylation sites (tertiary alicyclic amines) is 2. The minimum atomic E-state index is -0.157. The Labute approximate surface area is 114 Å². The molecule has 3 rings (SSSR count). The van der Waals surface area contributed by atoms with Crippen LogP contribution in [0.2, 0.25) is 0 Å². The lowest BCUT2D eigenvalue weighted by molar-refractivity contribution is -0.146. The average Bonchev–Trinajstić information content (AvgIpc) is 2.25. The number of nitrogens with zero attached hydrogens (tertiary/aromatic N) is 2. The molecule has 0 aromatic heterocycles. The van der Waals surface area contributed by atoms with Crippen LogP contribution in [0, 0.1) is 11.8 Å². The first-order valence-electron chi connectivity index (χ1n) is 7.47. The molecule has 0 unspecified atom stereocenters. The van der Waals surface area contributed by atoms with Crippen molar-refractivity contribution < 1.29 is 9.59 Å². The molecule has 3 aliphatic rings. The predicted octanol–water partition coefficient (Wildman–Crippen LogP) is 0.195. The van der Waals surface area contributed by atoms with Crippen molar-refractivity contribution in [2.75, 3.05) is 26.2 Å². The van der Waals surface area contributed by atoms with Gasteiger partial charge in [-0.2, -0.15) is 0 Å². The van der Waals surface area contributed by atoms with E-state index in [0.29, 0.717) is 17.9 Å². The Bertz CT molecular complexity index is 367. The molecule has 0 radical (unpaired) electrons. The molecule has 1 saturated carbocycles. The monoisotopic (exact) mass is 265 g/mol. The van der Waals surface area contributed by atoms with Crippen molar-refractivity contribution in [3.05, 3.63) is 0 Å². The summed E-state index contributed by atoms with van der Waals surface area (Å²) in [5.41, 5.74) is 5.34. The van der Waals surface area contributed by atoms with Gasteiger partial charge in [-0.3, -0.25) is 14.5 Å². The largest absolute Gasteiger partial charge is 0.369 e. The molecule has 0 spiro atoms. The van der Waals surface area contributed by atoms with Crippen LogP contribution in [0.1, 0.15) is 32.1 Å². The maximum Gasteiger partial charge on any atom is 0.225 e. The second-order valence-electron chi connectivity index (χ2n) is 6.24. The van der Waals surface area contributed by atoms with Gasteiger partial charge in [-0.15, -0.1) is 0 Å². The molecule has 3 fully saturated rings. The number of carbonyl (C=O) groups excluding carboxylic acids is 2. The van der Waals surface area contributed by atoms with E-state index in [1.165, 1.54) is 6.42 Å². The first-order valence-corrected chi connectivity index (χ1v) is 7.47. The van der Waals surface area contributed by atoms with E-state index in [9.17, 15) is 9.59 Å². The van der Waals surface area contributed by atoms with Crippen LogP contribution in [0.4, 0.5) is 0 Å². The zero-order valence-electron chi connectivity index (χ0n) is 11.4. The van der Waals surface area contributed by atoms with E-state index in [1.807, 2.05) is 4.90 Å². The maximum absolute atomic E-state index is 12.0. The van der Waals surface area contributed by atoms with Crippen molar-refractivity contribution >= 4 is 11.8 Å². The summed E-state index contributed by atoms with van der Waals surface area (Å²) in [7, 11) is 0. The molecule has 0 atom stereocenters. The molecule has 2 N–H and O–H groups in total. The van der Waals surface area contributed by atoms with Crippen LogP contribution in [0.5, 0.6) is 0 Å². The summed E-state index contributed by atoms with van der Waals surface area (Å²) in [5.74, 6) is 0.593. The minimum absolute atomic E-state index is 0.0593. The van der Waals surface area contributed by atoms with E-state index >= 15 is 0 Å². The van der Waals surface area contributed by atoms with Gasteiger partial charge in [0.2, 0.25) is 11.8 Å². The summed E-state index contributed by atoms with van der Waals surface area (Å²) >= 11 is 0. The number of rotatable bonds is 3. The average molecular weight is 265 g/mol. The molecule has 1 aliphatic carbocycles. The molecule has 106 valence electrons. The Morgan fingerprint density at radius 2 is 1.58 bits per heavy atom. The van der Waals surface area contributed by atoms with Gasteiger partial charge >= 0.3 is 0 Å². The molecule has 5 nitrogen and oxygen atoms in total. The third-order valence-corrected chi connectivity index (χ3v) is 5.08. The van der Waals surface area contributed by atoms with Gasteiger partial charge in [0, 0.05) is 31.0 Å². The number of nitrogens with two attached hydrogens (primary N) is 1. The summed E-state index contributed by atoms with van der Waals surface area (Å²) < 4.78 is 0. The number of primary amides is 1. The Morgan fingerprint density at radius 1 is 0.947 bits per heavy atom. The molecule has 2 heterocycles. The van der Waals surface area contributed by atoms with Gasteiger partial charge in [-0.1, -0.05) is 6.42 Å². The standard InChI is InChI=1S/C14H23N3O2/c15-13(18)10-4-6-16(7-5-10)12-8-17(9-12)14(19)11-2-1-3-11/h10-12H,1-9H2,(H2,15,18). The highest BCUT2D eigenvalue weighted by Crippen LogP contribution is 2.31. The van der Waals surface area contributed by atoms with Crippen LogP contribution >= 0.6 is 0 Å². The summed E-state index contributed by atoms with van der Waals surface area (Å²) in [6, 6.07) is 0.512. The van der Waals surface area contributed by atoms with Crippen molar-refractivity contribution in [1.29, 1.82) is 0 Å². The Kier molecular flexibility index (Phi) is 3.48. The van der Waals surface area contributed by atoms with Gasteiger partial charge in [0.15, 0.2) is 0 Å². The lowest BCUT2D eigenvalue weighted by Gasteiger charge is -2.48. The zero-order chi connectivity index (χ0) is 13.4. The van der Waals surface area contributed by atoms with Crippen molar-refractivity contribution in [1.82, 2.24) is 9.80 Å². The van der Waals surface area contributed by atoms with Crippen molar-refractivity contribution in [3.8, 4) is 0 Å². The molecule has 0 aromatic rings. The van der Waals surface area contributed by atoms with Crippen molar-refractivity contribution in [2.45, 2.75) is 38.1 Å². The molecular formula is C14H23N3O2. The van der Waals surface area contributed by atoms with Crippen LogP contribution in [0.3, 0.4) is 0 Å². The van der Waals surface area contributed by atoms with Gasteiger partial charge in [0.25, 0.3) is 0 Å². The SMILES string of the molecule is NC(=O)C1CCN(C2CN(C(=O)C3CCC3)C2)CC1. The molecular weight excluding hydrogens is 242 g/mol. The molecule has 19 heavy (non-hydrogen) atoms. The van der Waals surface area contributed by atoms with Gasteiger partial charge in [-0.05, 0) is 38.8 Å². The first-order chi connectivity index (χ1) is 9.15. The fourth-order valence-electron chi connectivity index (χ4n) is 3.33. The smallest absolute Gasteiger partial charge is 0.225 e. The number of hydrogen-bond acceptors (Lipinski definition) is 3. The van der Waals surface area contributed by atoms with E-state index in [2.05, 4.69) is 4.90 Å². The highest BCUT2D eigenvalue weighted by Gasteiger charge is 2.40. The molecule has 2 amide bonds. The molecule has 2 saturated heterocycles. The third kappa shape index (κ3) is 2.48. The van der Waals surface area contributed by atoms with Crippen molar-refractivity contribution in [3.63, 3.8) is 0 Å². The Balaban J connectivity index is 1.41. The molecule has 5 heteroatoms. The van der Waals surface area contributed by atoms with E-state index in [-0.39, 0.29) is 11.8 Å². The van der Waals surface area contributed by atoms with Gasteiger partial charge in [-0.25, -0.2) is 0 Å². The van der Waals surface area contributed by atoms with Crippen molar-refractivity contribution in [2.24, 2.45) is 17.6 Å². The first kappa shape index (κ1) is 12.9. The second-order valence-corrected chi connectivity index (χ2v) is 6.24. The highest BCUT2D eigenvalue weighted by atomic mass is 16.2. The minimum Gasteiger partial charge on any atom is -0.369 e. The number of amides is 2. The Hall–Kier alpha value is -1.10.